The summed E-state index contributed by atoms with van der Waals surface area (Å²) in [6.07, 6.45) is 2.64. The van der Waals surface area contributed by atoms with E-state index < -0.39 is 0 Å². The number of nitrogens with zero attached hydrogens (tertiary/aromatic N) is 1. The van der Waals surface area contributed by atoms with E-state index in [-0.39, 0.29) is 0 Å². The number of hydrogen-bond acceptors (Lipinski definition) is 3. The average molecular weight is 227 g/mol. The summed E-state index contributed by atoms with van der Waals surface area (Å²) in [5.74, 6) is 0. The van der Waals surface area contributed by atoms with Crippen molar-refractivity contribution in [2.24, 2.45) is 5.41 Å². The molecule has 0 aliphatic carbocycles. The van der Waals surface area contributed by atoms with Crippen LogP contribution in [-0.2, 0) is 0 Å². The van der Waals surface area contributed by atoms with Crippen molar-refractivity contribution in [3.63, 3.8) is 0 Å². The van der Waals surface area contributed by atoms with Gasteiger partial charge >= 0.3 is 0 Å². The minimum absolute atomic E-state index is 0.415. The van der Waals surface area contributed by atoms with E-state index in [1.807, 2.05) is 0 Å². The molecule has 3 nitrogen and oxygen atoms in total. The average Bonchev–Trinajstić information content (AvgIpc) is 2.23. The maximum Gasteiger partial charge on any atom is 0.0107 e. The fourth-order valence-electron chi connectivity index (χ4n) is 1.98. The Labute approximate surface area is 101 Å². The molecule has 1 rings (SSSR count). The van der Waals surface area contributed by atoms with Crippen molar-refractivity contribution >= 4 is 0 Å². The van der Waals surface area contributed by atoms with Gasteiger partial charge in [0.2, 0.25) is 0 Å². The second-order valence-electron chi connectivity index (χ2n) is 6.04. The minimum atomic E-state index is 0.415. The molecular formula is C13H29N3. The highest BCUT2D eigenvalue weighted by molar-refractivity contribution is 4.68. The van der Waals surface area contributed by atoms with E-state index in [0.717, 1.165) is 6.54 Å². The molecular weight excluding hydrogens is 198 g/mol. The van der Waals surface area contributed by atoms with Crippen LogP contribution in [0.4, 0.5) is 0 Å². The van der Waals surface area contributed by atoms with Gasteiger partial charge in [-0.25, -0.2) is 0 Å². The lowest BCUT2D eigenvalue weighted by atomic mass is 9.97. The lowest BCUT2D eigenvalue weighted by Crippen LogP contribution is -2.43. The Morgan fingerprint density at radius 1 is 1.12 bits per heavy atom. The maximum absolute atomic E-state index is 3.53. The molecule has 1 aliphatic heterocycles. The molecule has 0 amide bonds. The van der Waals surface area contributed by atoms with Gasteiger partial charge in [0.1, 0.15) is 0 Å². The molecule has 3 heteroatoms. The predicted molar refractivity (Wildman–Crippen MR) is 70.9 cm³/mol. The van der Waals surface area contributed by atoms with Crippen molar-refractivity contribution < 1.29 is 0 Å². The minimum Gasteiger partial charge on any atom is -0.316 e. The highest BCUT2D eigenvalue weighted by Crippen LogP contribution is 2.10. The molecule has 96 valence electrons. The van der Waals surface area contributed by atoms with Crippen LogP contribution >= 0.6 is 0 Å². The van der Waals surface area contributed by atoms with E-state index in [2.05, 4.69) is 36.3 Å². The molecule has 0 aromatic carbocycles. The number of nitrogens with one attached hydrogen (secondary N) is 2. The topological polar surface area (TPSA) is 27.3 Å². The first-order chi connectivity index (χ1) is 7.58. The van der Waals surface area contributed by atoms with Crippen LogP contribution in [0.2, 0.25) is 0 Å². The number of hydrogen-bond donors (Lipinski definition) is 2. The number of rotatable bonds is 6. The van der Waals surface area contributed by atoms with Crippen LogP contribution in [0.25, 0.3) is 0 Å². The Balaban J connectivity index is 1.87. The first kappa shape index (κ1) is 13.9. The third-order valence-electron chi connectivity index (χ3n) is 2.94. The molecule has 2 N–H and O–H groups in total. The second-order valence-corrected chi connectivity index (χ2v) is 6.04. The molecule has 0 unspecified atom stereocenters. The maximum atomic E-state index is 3.53. The number of unbranched alkanes of at least 4 members (excludes halogenated alkanes) is 1. The molecule has 1 saturated heterocycles. The first-order valence-corrected chi connectivity index (χ1v) is 6.72. The zero-order valence-corrected chi connectivity index (χ0v) is 11.3. The number of piperazine rings is 1. The molecule has 0 radical (unpaired) electrons. The van der Waals surface area contributed by atoms with Gasteiger partial charge in [-0.05, 0) is 37.9 Å². The highest BCUT2D eigenvalue weighted by Gasteiger charge is 2.09. The van der Waals surface area contributed by atoms with E-state index in [1.54, 1.807) is 0 Å². The fourth-order valence-corrected chi connectivity index (χ4v) is 1.98. The predicted octanol–water partition coefficient (Wildman–Crippen LogP) is 1.31. The summed E-state index contributed by atoms with van der Waals surface area (Å²) in [6, 6.07) is 0. The van der Waals surface area contributed by atoms with Gasteiger partial charge in [-0.1, -0.05) is 20.8 Å². The summed E-state index contributed by atoms with van der Waals surface area (Å²) in [5.41, 5.74) is 0.415. The summed E-state index contributed by atoms with van der Waals surface area (Å²) in [5, 5.41) is 6.92. The Morgan fingerprint density at radius 3 is 2.44 bits per heavy atom. The summed E-state index contributed by atoms with van der Waals surface area (Å²) >= 11 is 0. The highest BCUT2D eigenvalue weighted by atomic mass is 15.2. The van der Waals surface area contributed by atoms with Gasteiger partial charge in [-0.2, -0.15) is 0 Å². The van der Waals surface area contributed by atoms with Gasteiger partial charge in [0, 0.05) is 26.2 Å². The fraction of sp³-hybridized carbons (Fsp3) is 1.00. The molecule has 1 fully saturated rings. The van der Waals surface area contributed by atoms with Gasteiger partial charge in [0.15, 0.2) is 0 Å². The Kier molecular flexibility index (Phi) is 6.32. The second kappa shape index (κ2) is 7.25. The molecule has 16 heavy (non-hydrogen) atoms. The molecule has 1 heterocycles. The summed E-state index contributed by atoms with van der Waals surface area (Å²) in [4.78, 5) is 2.57. The van der Waals surface area contributed by atoms with Crippen molar-refractivity contribution in [2.45, 2.75) is 33.6 Å². The van der Waals surface area contributed by atoms with Gasteiger partial charge in [-0.15, -0.1) is 0 Å². The van der Waals surface area contributed by atoms with Crippen LogP contribution in [-0.4, -0.2) is 50.7 Å². The third-order valence-corrected chi connectivity index (χ3v) is 2.94. The van der Waals surface area contributed by atoms with Gasteiger partial charge in [0.25, 0.3) is 0 Å². The van der Waals surface area contributed by atoms with Crippen molar-refractivity contribution in [3.05, 3.63) is 0 Å². The summed E-state index contributed by atoms with van der Waals surface area (Å²) < 4.78 is 0. The van der Waals surface area contributed by atoms with Gasteiger partial charge in [-0.3, -0.25) is 0 Å². The Hall–Kier alpha value is -0.120. The molecule has 0 aromatic rings. The molecule has 1 aliphatic rings. The van der Waals surface area contributed by atoms with Crippen LogP contribution in [0.15, 0.2) is 0 Å². The third kappa shape index (κ3) is 7.20. The van der Waals surface area contributed by atoms with E-state index >= 15 is 0 Å². The van der Waals surface area contributed by atoms with Gasteiger partial charge in [0.05, 0.1) is 0 Å². The van der Waals surface area contributed by atoms with Crippen molar-refractivity contribution in [3.8, 4) is 0 Å². The zero-order valence-electron chi connectivity index (χ0n) is 11.3. The monoisotopic (exact) mass is 227 g/mol. The Morgan fingerprint density at radius 2 is 1.81 bits per heavy atom. The Bertz CT molecular complexity index is 169. The van der Waals surface area contributed by atoms with Crippen molar-refractivity contribution in [1.29, 1.82) is 0 Å². The van der Waals surface area contributed by atoms with E-state index in [9.17, 15) is 0 Å². The smallest absolute Gasteiger partial charge is 0.0107 e. The largest absolute Gasteiger partial charge is 0.316 e. The molecule has 0 saturated carbocycles. The van der Waals surface area contributed by atoms with Crippen LogP contribution in [0.3, 0.4) is 0 Å². The van der Waals surface area contributed by atoms with Crippen LogP contribution in [0, 0.1) is 5.41 Å². The van der Waals surface area contributed by atoms with Crippen LogP contribution in [0.5, 0.6) is 0 Å². The first-order valence-electron chi connectivity index (χ1n) is 6.72. The van der Waals surface area contributed by atoms with E-state index in [0.29, 0.717) is 5.41 Å². The SMILES string of the molecule is CC(C)(C)CNCCCCN1CCNCC1. The summed E-state index contributed by atoms with van der Waals surface area (Å²) in [7, 11) is 0. The standard InChI is InChI=1S/C13H29N3/c1-13(2,3)12-15-6-4-5-9-16-10-7-14-8-11-16/h14-15H,4-12H2,1-3H3. The molecule has 0 aromatic heterocycles. The molecule has 0 atom stereocenters. The van der Waals surface area contributed by atoms with Crippen LogP contribution in [0.1, 0.15) is 33.6 Å². The molecule has 0 spiro atoms. The normalized spacial score (nSPS) is 18.9. The van der Waals surface area contributed by atoms with Gasteiger partial charge < -0.3 is 15.5 Å². The van der Waals surface area contributed by atoms with E-state index in [4.69, 9.17) is 0 Å². The quantitative estimate of drug-likeness (QED) is 0.670. The summed E-state index contributed by atoms with van der Waals surface area (Å²) in [6.45, 7) is 15.2. The van der Waals surface area contributed by atoms with Crippen LogP contribution < -0.4 is 10.6 Å². The molecule has 0 bridgehead atoms. The van der Waals surface area contributed by atoms with Crippen molar-refractivity contribution in [2.75, 3.05) is 45.8 Å². The lowest BCUT2D eigenvalue weighted by Gasteiger charge is -2.27. The van der Waals surface area contributed by atoms with Crippen molar-refractivity contribution in [1.82, 2.24) is 15.5 Å². The van der Waals surface area contributed by atoms with E-state index in [1.165, 1.54) is 52.1 Å². The lowest BCUT2D eigenvalue weighted by molar-refractivity contribution is 0.236. The zero-order chi connectivity index (χ0) is 11.9.